The van der Waals surface area contributed by atoms with E-state index in [0.717, 1.165) is 0 Å². The zero-order valence-corrected chi connectivity index (χ0v) is 30.9. The average molecular weight is 689 g/mol. The van der Waals surface area contributed by atoms with E-state index < -0.39 is 0 Å². The first kappa shape index (κ1) is 32.2. The van der Waals surface area contributed by atoms with E-state index in [2.05, 4.69) is 209 Å². The third-order valence-electron chi connectivity index (χ3n) is 11.4. The summed E-state index contributed by atoms with van der Waals surface area (Å²) < 4.78 is 0. The topological polar surface area (TPSA) is 0 Å². The molecular formula is C54H40. The van der Waals surface area contributed by atoms with E-state index in [1.54, 1.807) is 0 Å². The molecule has 0 aliphatic rings. The molecule has 0 heterocycles. The van der Waals surface area contributed by atoms with Crippen LogP contribution in [-0.2, 0) is 5.41 Å². The fourth-order valence-electron chi connectivity index (χ4n) is 8.37. The van der Waals surface area contributed by atoms with Crippen molar-refractivity contribution in [2.45, 2.75) is 26.2 Å². The van der Waals surface area contributed by atoms with Gasteiger partial charge in [-0.2, -0.15) is 0 Å². The molecule has 0 radical (unpaired) electrons. The van der Waals surface area contributed by atoms with Crippen LogP contribution in [0.4, 0.5) is 0 Å². The molecule has 0 bridgehead atoms. The van der Waals surface area contributed by atoms with Gasteiger partial charge in [-0.3, -0.25) is 0 Å². The Kier molecular flexibility index (Phi) is 7.49. The number of hydrogen-bond acceptors (Lipinski definition) is 0. The molecule has 0 saturated carbocycles. The van der Waals surface area contributed by atoms with Gasteiger partial charge in [-0.1, -0.05) is 178 Å². The lowest BCUT2D eigenvalue weighted by Gasteiger charge is -2.22. The Labute approximate surface area is 317 Å². The Morgan fingerprint density at radius 2 is 0.667 bits per heavy atom. The normalized spacial score (nSPS) is 12.0. The van der Waals surface area contributed by atoms with Crippen molar-refractivity contribution in [1.82, 2.24) is 0 Å². The molecule has 10 aromatic rings. The highest BCUT2D eigenvalue weighted by Gasteiger charge is 2.19. The van der Waals surface area contributed by atoms with Crippen LogP contribution in [0.3, 0.4) is 0 Å². The third-order valence-corrected chi connectivity index (χ3v) is 11.4. The fraction of sp³-hybridized carbons (Fsp3) is 0.0741. The van der Waals surface area contributed by atoms with Gasteiger partial charge in [-0.15, -0.1) is 0 Å². The Bertz CT molecular complexity index is 3050. The van der Waals surface area contributed by atoms with Gasteiger partial charge >= 0.3 is 0 Å². The molecule has 0 unspecified atom stereocenters. The third kappa shape index (κ3) is 5.54. The lowest BCUT2D eigenvalue weighted by atomic mass is 9.82. The van der Waals surface area contributed by atoms with Crippen LogP contribution in [0, 0.1) is 0 Å². The quantitative estimate of drug-likeness (QED) is 0.161. The van der Waals surface area contributed by atoms with Crippen LogP contribution in [0.1, 0.15) is 26.3 Å². The lowest BCUT2D eigenvalue weighted by Crippen LogP contribution is -2.10. The van der Waals surface area contributed by atoms with Gasteiger partial charge in [0.05, 0.1) is 0 Å². The Morgan fingerprint density at radius 3 is 1.19 bits per heavy atom. The van der Waals surface area contributed by atoms with E-state index in [9.17, 15) is 0 Å². The van der Waals surface area contributed by atoms with Gasteiger partial charge in [-0.05, 0) is 140 Å². The fourth-order valence-corrected chi connectivity index (χ4v) is 8.37. The molecular weight excluding hydrogens is 649 g/mol. The lowest BCUT2D eigenvalue weighted by molar-refractivity contribution is 0.591. The molecule has 0 spiro atoms. The molecule has 0 heteroatoms. The second-order valence-electron chi connectivity index (χ2n) is 15.8. The van der Waals surface area contributed by atoms with Gasteiger partial charge in [0.15, 0.2) is 0 Å². The van der Waals surface area contributed by atoms with E-state index in [-0.39, 0.29) is 5.41 Å². The smallest absolute Gasteiger partial charge is 0.00923 e. The van der Waals surface area contributed by atoms with Crippen molar-refractivity contribution in [3.63, 3.8) is 0 Å². The maximum atomic E-state index is 2.45. The van der Waals surface area contributed by atoms with Crippen molar-refractivity contribution in [2.75, 3.05) is 0 Å². The van der Waals surface area contributed by atoms with Crippen molar-refractivity contribution < 1.29 is 0 Å². The van der Waals surface area contributed by atoms with Gasteiger partial charge in [0.1, 0.15) is 0 Å². The predicted octanol–water partition coefficient (Wildman–Crippen LogP) is 15.4. The Morgan fingerprint density at radius 1 is 0.259 bits per heavy atom. The number of hydrogen-bond donors (Lipinski definition) is 0. The first-order valence-electron chi connectivity index (χ1n) is 19.0. The molecule has 54 heavy (non-hydrogen) atoms. The van der Waals surface area contributed by atoms with Crippen LogP contribution in [0.5, 0.6) is 0 Å². The number of benzene rings is 10. The van der Waals surface area contributed by atoms with E-state index in [0.29, 0.717) is 0 Å². The van der Waals surface area contributed by atoms with Crippen LogP contribution in [-0.4, -0.2) is 0 Å². The maximum Gasteiger partial charge on any atom is -0.00923 e. The summed E-state index contributed by atoms with van der Waals surface area (Å²) in [6.45, 7) is 6.92. The summed E-state index contributed by atoms with van der Waals surface area (Å²) in [4.78, 5) is 0. The highest BCUT2D eigenvalue weighted by Crippen LogP contribution is 2.43. The zero-order valence-electron chi connectivity index (χ0n) is 30.9. The number of fused-ring (bicyclic) bond motifs is 7. The Balaban J connectivity index is 1.13. The maximum absolute atomic E-state index is 2.45. The highest BCUT2D eigenvalue weighted by molar-refractivity contribution is 6.24. The van der Waals surface area contributed by atoms with Crippen molar-refractivity contribution in [3.8, 4) is 44.5 Å². The molecule has 0 aliphatic carbocycles. The second kappa shape index (κ2) is 12.6. The molecule has 0 N–H and O–H groups in total. The van der Waals surface area contributed by atoms with Crippen molar-refractivity contribution >= 4 is 53.9 Å². The van der Waals surface area contributed by atoms with Gasteiger partial charge in [0, 0.05) is 0 Å². The van der Waals surface area contributed by atoms with Crippen LogP contribution in [0.25, 0.3) is 98.4 Å². The molecule has 0 amide bonds. The summed E-state index contributed by atoms with van der Waals surface area (Å²) in [5, 5.41) is 12.8. The molecule has 10 rings (SSSR count). The van der Waals surface area contributed by atoms with Gasteiger partial charge < -0.3 is 0 Å². The molecule has 0 nitrogen and oxygen atoms in total. The minimum atomic E-state index is 0.0295. The SMILES string of the molecule is CC(C)(C)c1ccc2c(c1)c(-c1ccc(-c3ccc4ccccc4c3)cc1)cc1c3ccccc3c(-c3ccc(-c4ccc5ccccc5c4)cc3)cc21. The van der Waals surface area contributed by atoms with Crippen LogP contribution < -0.4 is 0 Å². The monoisotopic (exact) mass is 688 g/mol. The largest absolute Gasteiger partial charge is 0.0616 e. The summed E-state index contributed by atoms with van der Waals surface area (Å²) in [6.07, 6.45) is 0. The van der Waals surface area contributed by atoms with Crippen LogP contribution in [0.2, 0.25) is 0 Å². The number of rotatable bonds is 4. The minimum absolute atomic E-state index is 0.0295. The minimum Gasteiger partial charge on any atom is -0.0616 e. The predicted molar refractivity (Wildman–Crippen MR) is 234 cm³/mol. The summed E-state index contributed by atoms with van der Waals surface area (Å²) in [7, 11) is 0. The first-order chi connectivity index (χ1) is 26.4. The van der Waals surface area contributed by atoms with E-state index in [1.165, 1.54) is 104 Å². The van der Waals surface area contributed by atoms with Crippen molar-refractivity contribution in [2.24, 2.45) is 0 Å². The summed E-state index contributed by atoms with van der Waals surface area (Å²) >= 11 is 0. The summed E-state index contributed by atoms with van der Waals surface area (Å²) in [5.74, 6) is 0. The molecule has 0 aromatic heterocycles. The summed E-state index contributed by atoms with van der Waals surface area (Å²) in [5.41, 5.74) is 11.3. The molecule has 256 valence electrons. The average Bonchev–Trinajstić information content (AvgIpc) is 3.22. The molecule has 0 atom stereocenters. The Hall–Kier alpha value is -6.50. The van der Waals surface area contributed by atoms with Crippen molar-refractivity contribution in [3.05, 3.63) is 194 Å². The van der Waals surface area contributed by atoms with E-state index in [1.807, 2.05) is 0 Å². The molecule has 10 aromatic carbocycles. The second-order valence-corrected chi connectivity index (χ2v) is 15.8. The van der Waals surface area contributed by atoms with E-state index >= 15 is 0 Å². The van der Waals surface area contributed by atoms with Gasteiger partial charge in [0.25, 0.3) is 0 Å². The first-order valence-corrected chi connectivity index (χ1v) is 19.0. The van der Waals surface area contributed by atoms with Gasteiger partial charge in [-0.25, -0.2) is 0 Å². The van der Waals surface area contributed by atoms with E-state index in [4.69, 9.17) is 0 Å². The molecule has 0 fully saturated rings. The highest BCUT2D eigenvalue weighted by atomic mass is 14.2. The molecule has 0 saturated heterocycles. The molecule has 0 aliphatic heterocycles. The van der Waals surface area contributed by atoms with Crippen molar-refractivity contribution in [1.29, 1.82) is 0 Å². The van der Waals surface area contributed by atoms with Crippen LogP contribution >= 0.6 is 0 Å². The summed E-state index contributed by atoms with van der Waals surface area (Å²) in [6, 6.07) is 69.9. The zero-order chi connectivity index (χ0) is 36.4. The standard InChI is InChI=1S/C54H40/c1-54(2,3)45-28-29-48-51(32-45)50(40-24-18-38(19-25-40)44-27-21-36-11-5-7-13-42(36)31-44)34-52-47-15-9-8-14-46(47)49(33-53(48)52)39-22-16-37(17-23-39)43-26-20-35-10-4-6-12-41(35)30-43/h4-34H,1-3H3. The van der Waals surface area contributed by atoms with Crippen LogP contribution in [0.15, 0.2) is 188 Å². The van der Waals surface area contributed by atoms with Gasteiger partial charge in [0.2, 0.25) is 0 Å².